The van der Waals surface area contributed by atoms with E-state index in [1.54, 1.807) is 36.7 Å². The van der Waals surface area contributed by atoms with Gasteiger partial charge in [0.15, 0.2) is 0 Å². The number of phenolic OH excluding ortho intramolecular Hbond substituents is 1. The lowest BCUT2D eigenvalue weighted by Crippen LogP contribution is -2.33. The molecule has 0 radical (unpaired) electrons. The van der Waals surface area contributed by atoms with Crippen molar-refractivity contribution in [3.05, 3.63) is 48.8 Å². The van der Waals surface area contributed by atoms with E-state index in [-0.39, 0.29) is 5.75 Å². The number of rotatable bonds is 2. The van der Waals surface area contributed by atoms with Gasteiger partial charge in [0.25, 0.3) is 0 Å². The van der Waals surface area contributed by atoms with Crippen molar-refractivity contribution in [3.8, 4) is 5.75 Å². The lowest BCUT2D eigenvalue weighted by molar-refractivity contribution is 0.0599. The van der Waals surface area contributed by atoms with E-state index in [0.717, 1.165) is 0 Å². The molecule has 5 heteroatoms. The van der Waals surface area contributed by atoms with Gasteiger partial charge in [-0.1, -0.05) is 0 Å². The largest absolute Gasteiger partial charge is 0.508 e. The molecule has 1 heterocycles. The number of amides is 1. The lowest BCUT2D eigenvalue weighted by atomic mass is 10.2. The fourth-order valence-electron chi connectivity index (χ4n) is 1.76. The Bertz CT molecular complexity index is 604. The molecule has 0 atom stereocenters. The summed E-state index contributed by atoms with van der Waals surface area (Å²) in [6, 6.07) is 9.79. The van der Waals surface area contributed by atoms with Crippen LogP contribution in [0.3, 0.4) is 0 Å². The van der Waals surface area contributed by atoms with Crippen LogP contribution in [0.25, 0.3) is 0 Å². The number of hydrogen-bond donors (Lipinski definition) is 1. The Labute approximate surface area is 123 Å². The number of carbonyl (C=O) groups excluding carboxylic acids is 1. The summed E-state index contributed by atoms with van der Waals surface area (Å²) in [6.45, 7) is 5.44. The quantitative estimate of drug-likeness (QED) is 0.910. The molecule has 0 bridgehead atoms. The molecular weight excluding hydrogens is 268 g/mol. The van der Waals surface area contributed by atoms with Gasteiger partial charge in [-0.2, -0.15) is 0 Å². The Kier molecular flexibility index (Phi) is 4.12. The number of hydrogen-bond acceptors (Lipinski definition) is 4. The summed E-state index contributed by atoms with van der Waals surface area (Å²) in [5.74, 6) is 0.137. The first-order valence-corrected chi connectivity index (χ1v) is 6.59. The molecule has 2 aromatic rings. The van der Waals surface area contributed by atoms with Gasteiger partial charge in [-0.15, -0.1) is 0 Å². The van der Waals surface area contributed by atoms with Crippen molar-refractivity contribution < 1.29 is 14.6 Å². The molecule has 1 aromatic heterocycles. The summed E-state index contributed by atoms with van der Waals surface area (Å²) < 4.78 is 5.44. The number of aromatic nitrogens is 1. The number of benzene rings is 1. The van der Waals surface area contributed by atoms with Gasteiger partial charge >= 0.3 is 6.09 Å². The number of phenols is 1. The molecule has 0 spiro atoms. The van der Waals surface area contributed by atoms with Crippen LogP contribution in [0.1, 0.15) is 20.8 Å². The molecule has 0 aliphatic rings. The molecule has 0 aliphatic carbocycles. The van der Waals surface area contributed by atoms with Crippen molar-refractivity contribution >= 4 is 17.5 Å². The zero-order valence-electron chi connectivity index (χ0n) is 12.3. The molecule has 0 unspecified atom stereocenters. The number of nitrogens with zero attached hydrogens (tertiary/aromatic N) is 2. The van der Waals surface area contributed by atoms with E-state index in [1.807, 2.05) is 20.8 Å². The first kappa shape index (κ1) is 14.8. The summed E-state index contributed by atoms with van der Waals surface area (Å²) in [7, 11) is 0. The topological polar surface area (TPSA) is 62.7 Å². The Morgan fingerprint density at radius 1 is 1.05 bits per heavy atom. The summed E-state index contributed by atoms with van der Waals surface area (Å²) in [6.07, 6.45) is 2.72. The second-order valence-electron chi connectivity index (χ2n) is 5.54. The molecule has 2 rings (SSSR count). The highest BCUT2D eigenvalue weighted by atomic mass is 16.6. The van der Waals surface area contributed by atoms with Crippen molar-refractivity contribution in [2.24, 2.45) is 0 Å². The highest BCUT2D eigenvalue weighted by molar-refractivity contribution is 5.96. The van der Waals surface area contributed by atoms with Crippen LogP contribution < -0.4 is 4.90 Å². The summed E-state index contributed by atoms with van der Waals surface area (Å²) in [4.78, 5) is 17.9. The standard InChI is InChI=1S/C16H18N2O3/c1-16(2,3)21-15(20)18(13-8-10-17-11-9-13)12-4-6-14(19)7-5-12/h4-11,19H,1-3H3. The van der Waals surface area contributed by atoms with Gasteiger partial charge in [-0.25, -0.2) is 9.69 Å². The fraction of sp³-hybridized carbons (Fsp3) is 0.250. The smallest absolute Gasteiger partial charge is 0.419 e. The third-order valence-electron chi connectivity index (χ3n) is 2.60. The minimum absolute atomic E-state index is 0.137. The molecule has 1 N–H and O–H groups in total. The van der Waals surface area contributed by atoms with Crippen LogP contribution in [-0.2, 0) is 4.74 Å². The molecule has 21 heavy (non-hydrogen) atoms. The lowest BCUT2D eigenvalue weighted by Gasteiger charge is -2.27. The highest BCUT2D eigenvalue weighted by Gasteiger charge is 2.24. The van der Waals surface area contributed by atoms with Crippen molar-refractivity contribution in [1.82, 2.24) is 4.98 Å². The maximum Gasteiger partial charge on any atom is 0.419 e. The molecule has 110 valence electrons. The van der Waals surface area contributed by atoms with E-state index in [2.05, 4.69) is 4.98 Å². The van der Waals surface area contributed by atoms with Crippen LogP contribution in [-0.4, -0.2) is 21.8 Å². The minimum Gasteiger partial charge on any atom is -0.508 e. The Morgan fingerprint density at radius 3 is 2.10 bits per heavy atom. The average molecular weight is 286 g/mol. The number of ether oxygens (including phenoxy) is 1. The minimum atomic E-state index is -0.598. The molecular formula is C16H18N2O3. The molecule has 1 aromatic carbocycles. The third kappa shape index (κ3) is 3.95. The summed E-state index contributed by atoms with van der Waals surface area (Å²) in [5, 5.41) is 9.39. The summed E-state index contributed by atoms with van der Waals surface area (Å²) >= 11 is 0. The molecule has 0 fully saturated rings. The van der Waals surface area contributed by atoms with Crippen LogP contribution >= 0.6 is 0 Å². The van der Waals surface area contributed by atoms with Crippen molar-refractivity contribution in [2.75, 3.05) is 4.90 Å². The number of carbonyl (C=O) groups is 1. The van der Waals surface area contributed by atoms with Gasteiger partial charge in [0.1, 0.15) is 11.4 Å². The van der Waals surface area contributed by atoms with Gasteiger partial charge < -0.3 is 9.84 Å². The van der Waals surface area contributed by atoms with Gasteiger partial charge in [0, 0.05) is 12.4 Å². The SMILES string of the molecule is CC(C)(C)OC(=O)N(c1ccncc1)c1ccc(O)cc1. The van der Waals surface area contributed by atoms with Crippen LogP contribution in [0, 0.1) is 0 Å². The second-order valence-corrected chi connectivity index (χ2v) is 5.54. The van der Waals surface area contributed by atoms with Gasteiger partial charge in [0.05, 0.1) is 11.4 Å². The zero-order valence-corrected chi connectivity index (χ0v) is 12.3. The molecule has 0 saturated heterocycles. The van der Waals surface area contributed by atoms with Crippen molar-refractivity contribution in [2.45, 2.75) is 26.4 Å². The molecule has 5 nitrogen and oxygen atoms in total. The van der Waals surface area contributed by atoms with Gasteiger partial charge in [-0.3, -0.25) is 4.98 Å². The molecule has 0 saturated carbocycles. The van der Waals surface area contributed by atoms with E-state index < -0.39 is 11.7 Å². The van der Waals surface area contributed by atoms with Gasteiger partial charge in [-0.05, 0) is 57.2 Å². The second kappa shape index (κ2) is 5.83. The van der Waals surface area contributed by atoms with Crippen LogP contribution in [0.4, 0.5) is 16.2 Å². The van der Waals surface area contributed by atoms with Crippen molar-refractivity contribution in [1.29, 1.82) is 0 Å². The predicted molar refractivity (Wildman–Crippen MR) is 80.7 cm³/mol. The Hall–Kier alpha value is -2.56. The monoisotopic (exact) mass is 286 g/mol. The Morgan fingerprint density at radius 2 is 1.57 bits per heavy atom. The van der Waals surface area contributed by atoms with E-state index >= 15 is 0 Å². The maximum absolute atomic E-state index is 12.5. The van der Waals surface area contributed by atoms with Crippen LogP contribution in [0.5, 0.6) is 5.75 Å². The van der Waals surface area contributed by atoms with E-state index in [9.17, 15) is 9.90 Å². The van der Waals surface area contributed by atoms with Crippen LogP contribution in [0.15, 0.2) is 48.8 Å². The van der Waals surface area contributed by atoms with Crippen molar-refractivity contribution in [3.63, 3.8) is 0 Å². The molecule has 1 amide bonds. The first-order valence-electron chi connectivity index (χ1n) is 6.59. The van der Waals surface area contributed by atoms with E-state index in [1.165, 1.54) is 17.0 Å². The summed E-state index contributed by atoms with van der Waals surface area (Å²) in [5.41, 5.74) is 0.650. The molecule has 0 aliphatic heterocycles. The highest BCUT2D eigenvalue weighted by Crippen LogP contribution is 2.28. The number of aromatic hydroxyl groups is 1. The third-order valence-corrected chi connectivity index (χ3v) is 2.60. The van der Waals surface area contributed by atoms with E-state index in [0.29, 0.717) is 11.4 Å². The maximum atomic E-state index is 12.5. The average Bonchev–Trinajstić information content (AvgIpc) is 2.40. The zero-order chi connectivity index (χ0) is 15.5. The number of anilines is 2. The number of pyridine rings is 1. The van der Waals surface area contributed by atoms with E-state index in [4.69, 9.17) is 4.74 Å². The van der Waals surface area contributed by atoms with Gasteiger partial charge in [0.2, 0.25) is 0 Å². The Balaban J connectivity index is 2.40. The normalized spacial score (nSPS) is 11.0. The first-order chi connectivity index (χ1) is 9.87. The predicted octanol–water partition coefficient (Wildman–Crippen LogP) is 3.86. The fourth-order valence-corrected chi connectivity index (χ4v) is 1.76. The van der Waals surface area contributed by atoms with Crippen LogP contribution in [0.2, 0.25) is 0 Å².